The molecule has 1 aromatic heterocycles. The fourth-order valence-electron chi connectivity index (χ4n) is 3.83. The molecule has 0 bridgehead atoms. The number of hydrogen-bond donors (Lipinski definition) is 1. The van der Waals surface area contributed by atoms with Crippen molar-refractivity contribution in [2.45, 2.75) is 13.3 Å². The number of hydrogen-bond acceptors (Lipinski definition) is 8. The first-order chi connectivity index (χ1) is 16.5. The van der Waals surface area contributed by atoms with Crippen LogP contribution in [0.15, 0.2) is 60.8 Å². The zero-order chi connectivity index (χ0) is 23.9. The zero-order valence-corrected chi connectivity index (χ0v) is 19.5. The summed E-state index contributed by atoms with van der Waals surface area (Å²) in [5, 5.41) is 3.15. The third-order valence-electron chi connectivity index (χ3n) is 5.75. The molecule has 8 nitrogen and oxygen atoms in total. The number of carbonyl (C=O) groups is 2. The molecule has 34 heavy (non-hydrogen) atoms. The summed E-state index contributed by atoms with van der Waals surface area (Å²) in [7, 11) is 2.14. The van der Waals surface area contributed by atoms with Gasteiger partial charge in [0.25, 0.3) is 0 Å². The molecule has 0 unspecified atom stereocenters. The Bertz CT molecular complexity index is 1130. The minimum Gasteiger partial charge on any atom is -0.462 e. The summed E-state index contributed by atoms with van der Waals surface area (Å²) in [6.07, 6.45) is 1.48. The van der Waals surface area contributed by atoms with E-state index in [9.17, 15) is 9.59 Å². The minimum absolute atomic E-state index is 0.0499. The molecule has 3 aromatic rings. The molecule has 1 aliphatic rings. The Kier molecular flexibility index (Phi) is 7.49. The van der Waals surface area contributed by atoms with Crippen molar-refractivity contribution >= 4 is 29.1 Å². The molecule has 1 N–H and O–H groups in total. The first-order valence-electron chi connectivity index (χ1n) is 11.5. The van der Waals surface area contributed by atoms with Crippen LogP contribution >= 0.6 is 0 Å². The third-order valence-corrected chi connectivity index (χ3v) is 5.75. The molecule has 0 amide bonds. The molecule has 2 aromatic carbocycles. The average molecular weight is 460 g/mol. The highest BCUT2D eigenvalue weighted by atomic mass is 16.5. The number of benzene rings is 2. The van der Waals surface area contributed by atoms with Crippen molar-refractivity contribution in [3.8, 4) is 0 Å². The number of nitrogens with zero attached hydrogens (tertiary/aromatic N) is 4. The third kappa shape index (κ3) is 5.77. The van der Waals surface area contributed by atoms with Gasteiger partial charge in [0, 0.05) is 50.2 Å². The number of carbonyl (C=O) groups excluding carboxylic acids is 2. The van der Waals surface area contributed by atoms with Gasteiger partial charge in [0.05, 0.1) is 6.61 Å². The number of nitrogens with one attached hydrogen (secondary N) is 1. The summed E-state index contributed by atoms with van der Waals surface area (Å²) in [6.45, 7) is 5.99. The smallest absolute Gasteiger partial charge is 0.342 e. The molecule has 1 aliphatic heterocycles. The van der Waals surface area contributed by atoms with Crippen LogP contribution in [0.3, 0.4) is 0 Å². The summed E-state index contributed by atoms with van der Waals surface area (Å²) in [6, 6.07) is 17.4. The lowest BCUT2D eigenvalue weighted by molar-refractivity contribution is 0.0521. The van der Waals surface area contributed by atoms with E-state index in [1.807, 2.05) is 42.5 Å². The Labute approximate surface area is 199 Å². The first-order valence-corrected chi connectivity index (χ1v) is 11.5. The number of Topliss-reactive ketones (excluding diaryl/α,β-unsaturated/α-hetero) is 1. The van der Waals surface area contributed by atoms with Gasteiger partial charge >= 0.3 is 5.97 Å². The van der Waals surface area contributed by atoms with Crippen molar-refractivity contribution in [2.75, 3.05) is 50.1 Å². The molecule has 1 saturated heterocycles. The number of ketones is 1. The highest BCUT2D eigenvalue weighted by Crippen LogP contribution is 2.22. The van der Waals surface area contributed by atoms with Crippen molar-refractivity contribution in [3.63, 3.8) is 0 Å². The number of aromatic nitrogens is 2. The molecule has 0 atom stereocenters. The Balaban J connectivity index is 1.53. The van der Waals surface area contributed by atoms with Gasteiger partial charge in [0.1, 0.15) is 11.3 Å². The quantitative estimate of drug-likeness (QED) is 0.404. The number of piperazine rings is 1. The van der Waals surface area contributed by atoms with E-state index in [2.05, 4.69) is 44.3 Å². The molecular weight excluding hydrogens is 430 g/mol. The fraction of sp³-hybridized carbons (Fsp3) is 0.308. The summed E-state index contributed by atoms with van der Waals surface area (Å²) in [5.41, 5.74) is 2.92. The van der Waals surface area contributed by atoms with Crippen LogP contribution in [0.1, 0.15) is 33.3 Å². The van der Waals surface area contributed by atoms with Crippen LogP contribution in [-0.2, 0) is 11.2 Å². The van der Waals surface area contributed by atoms with E-state index in [0.29, 0.717) is 0 Å². The minimum atomic E-state index is -0.609. The highest BCUT2D eigenvalue weighted by molar-refractivity contribution is 6.05. The Morgan fingerprint density at radius 2 is 1.71 bits per heavy atom. The molecule has 2 heterocycles. The Hall–Kier alpha value is -3.78. The summed E-state index contributed by atoms with van der Waals surface area (Å²) in [4.78, 5) is 38.8. The van der Waals surface area contributed by atoms with E-state index in [1.54, 1.807) is 6.92 Å². The Morgan fingerprint density at radius 1 is 1.00 bits per heavy atom. The molecule has 0 aliphatic carbocycles. The van der Waals surface area contributed by atoms with Gasteiger partial charge in [0.15, 0.2) is 5.78 Å². The molecule has 1 fully saturated rings. The van der Waals surface area contributed by atoms with Crippen LogP contribution in [0.4, 0.5) is 17.3 Å². The number of rotatable bonds is 8. The van der Waals surface area contributed by atoms with E-state index in [-0.39, 0.29) is 36.0 Å². The van der Waals surface area contributed by atoms with Crippen molar-refractivity contribution in [2.24, 2.45) is 0 Å². The second-order valence-electron chi connectivity index (χ2n) is 8.22. The van der Waals surface area contributed by atoms with E-state index < -0.39 is 5.97 Å². The van der Waals surface area contributed by atoms with Crippen molar-refractivity contribution in [3.05, 3.63) is 77.6 Å². The monoisotopic (exact) mass is 459 g/mol. The van der Waals surface area contributed by atoms with E-state index in [4.69, 9.17) is 4.74 Å². The summed E-state index contributed by atoms with van der Waals surface area (Å²) >= 11 is 0. The van der Waals surface area contributed by atoms with Crippen molar-refractivity contribution in [1.82, 2.24) is 14.9 Å². The van der Waals surface area contributed by atoms with E-state index >= 15 is 0 Å². The standard InChI is InChI=1S/C26H29N5O3/c1-3-34-25(33)22-18-27-26(29-24(22)23(32)17-19-7-5-4-6-8-19)28-20-9-11-21(12-10-20)31-15-13-30(2)14-16-31/h4-12,18H,3,13-17H2,1-2H3,(H,27,28,29). The van der Waals surface area contributed by atoms with Gasteiger partial charge in [-0.25, -0.2) is 14.8 Å². The number of likely N-dealkylation sites (N-methyl/N-ethyl adjacent to an activating group) is 1. The van der Waals surface area contributed by atoms with Crippen molar-refractivity contribution in [1.29, 1.82) is 0 Å². The number of ether oxygens (including phenoxy) is 1. The van der Waals surface area contributed by atoms with Gasteiger partial charge in [-0.15, -0.1) is 0 Å². The van der Waals surface area contributed by atoms with Crippen LogP contribution in [0.5, 0.6) is 0 Å². The molecule has 0 spiro atoms. The van der Waals surface area contributed by atoms with Gasteiger partial charge in [-0.05, 0) is 43.8 Å². The first kappa shape index (κ1) is 23.4. The molecule has 0 saturated carbocycles. The topological polar surface area (TPSA) is 87.7 Å². The fourth-order valence-corrected chi connectivity index (χ4v) is 3.83. The predicted molar refractivity (Wildman–Crippen MR) is 132 cm³/mol. The van der Waals surface area contributed by atoms with Crippen LogP contribution in [-0.4, -0.2) is 66.5 Å². The summed E-state index contributed by atoms with van der Waals surface area (Å²) < 4.78 is 5.11. The van der Waals surface area contributed by atoms with Crippen molar-refractivity contribution < 1.29 is 14.3 Å². The molecule has 4 rings (SSSR count). The van der Waals surface area contributed by atoms with Gasteiger partial charge in [0.2, 0.25) is 5.95 Å². The lowest BCUT2D eigenvalue weighted by Gasteiger charge is -2.34. The molecular formula is C26H29N5O3. The van der Waals surface area contributed by atoms with Crippen LogP contribution < -0.4 is 10.2 Å². The average Bonchev–Trinajstić information content (AvgIpc) is 2.86. The maximum Gasteiger partial charge on any atom is 0.342 e. The van der Waals surface area contributed by atoms with Crippen LogP contribution in [0.2, 0.25) is 0 Å². The largest absolute Gasteiger partial charge is 0.462 e. The second-order valence-corrected chi connectivity index (χ2v) is 8.22. The molecule has 8 heteroatoms. The summed E-state index contributed by atoms with van der Waals surface area (Å²) in [5.74, 6) is -0.635. The second kappa shape index (κ2) is 10.9. The van der Waals surface area contributed by atoms with Gasteiger partial charge in [-0.3, -0.25) is 4.79 Å². The maximum absolute atomic E-state index is 13.1. The van der Waals surface area contributed by atoms with Gasteiger partial charge in [-0.2, -0.15) is 0 Å². The van der Waals surface area contributed by atoms with Crippen LogP contribution in [0.25, 0.3) is 0 Å². The normalized spacial score (nSPS) is 14.0. The lowest BCUT2D eigenvalue weighted by Crippen LogP contribution is -2.44. The van der Waals surface area contributed by atoms with Gasteiger partial charge < -0.3 is 19.9 Å². The predicted octanol–water partition coefficient (Wildman–Crippen LogP) is 3.57. The number of anilines is 3. The lowest BCUT2D eigenvalue weighted by atomic mass is 10.0. The van der Waals surface area contributed by atoms with Crippen LogP contribution in [0, 0.1) is 0 Å². The number of esters is 1. The Morgan fingerprint density at radius 3 is 2.38 bits per heavy atom. The highest BCUT2D eigenvalue weighted by Gasteiger charge is 2.22. The van der Waals surface area contributed by atoms with Gasteiger partial charge in [-0.1, -0.05) is 30.3 Å². The van der Waals surface area contributed by atoms with E-state index in [0.717, 1.165) is 43.1 Å². The molecule has 176 valence electrons. The zero-order valence-electron chi connectivity index (χ0n) is 19.5. The van der Waals surface area contributed by atoms with E-state index in [1.165, 1.54) is 6.20 Å². The maximum atomic E-state index is 13.1. The molecule has 0 radical (unpaired) electrons. The SMILES string of the molecule is CCOC(=O)c1cnc(Nc2ccc(N3CCN(C)CC3)cc2)nc1C(=O)Cc1ccccc1.